The van der Waals surface area contributed by atoms with E-state index >= 15 is 0 Å². The predicted octanol–water partition coefficient (Wildman–Crippen LogP) is 1.28. The number of pyridine rings is 1. The van der Waals surface area contributed by atoms with Gasteiger partial charge in [0.15, 0.2) is 0 Å². The maximum absolute atomic E-state index is 11.7. The van der Waals surface area contributed by atoms with Crippen LogP contribution in [0.15, 0.2) is 28.6 Å². The summed E-state index contributed by atoms with van der Waals surface area (Å²) >= 11 is 0. The summed E-state index contributed by atoms with van der Waals surface area (Å²) in [5, 5.41) is 11.4. The van der Waals surface area contributed by atoms with Gasteiger partial charge in [-0.2, -0.15) is 0 Å². The molecule has 2 aromatic rings. The lowest BCUT2D eigenvalue weighted by atomic mass is 10.1. The first-order chi connectivity index (χ1) is 8.00. The molecule has 6 heteroatoms. The maximum Gasteiger partial charge on any atom is 0.204 e. The number of nitrogens with zero attached hydrogens (tertiary/aromatic N) is 1. The number of aromatic nitrogens is 1. The van der Waals surface area contributed by atoms with E-state index in [9.17, 15) is 13.5 Å². The molecular formula is C11H8N2O3S. The number of sulfone groups is 1. The Balaban J connectivity index is 2.58. The molecule has 5 nitrogen and oxygen atoms in total. The first kappa shape index (κ1) is 10.1. The normalized spacial score (nSPS) is 16.2. The van der Waals surface area contributed by atoms with Crippen molar-refractivity contribution in [3.8, 4) is 5.75 Å². The van der Waals surface area contributed by atoms with Gasteiger partial charge in [-0.15, -0.1) is 0 Å². The Morgan fingerprint density at radius 1 is 1.35 bits per heavy atom. The molecule has 0 fully saturated rings. The lowest BCUT2D eigenvalue weighted by molar-refractivity contribution is 0.466. The summed E-state index contributed by atoms with van der Waals surface area (Å²) in [5.74, 6) is -0.326. The summed E-state index contributed by atoms with van der Waals surface area (Å²) < 4.78 is 23.4. The molecule has 0 atom stereocenters. The average molecular weight is 248 g/mol. The molecule has 0 saturated carbocycles. The summed E-state index contributed by atoms with van der Waals surface area (Å²) in [6.07, 6.45) is 2.95. The van der Waals surface area contributed by atoms with Gasteiger partial charge in [0.25, 0.3) is 0 Å². The molecule has 1 aliphatic rings. The van der Waals surface area contributed by atoms with E-state index in [2.05, 4.69) is 4.98 Å². The molecule has 0 spiro atoms. The second-order valence-electron chi connectivity index (χ2n) is 3.79. The van der Waals surface area contributed by atoms with Gasteiger partial charge in [0.05, 0.1) is 10.9 Å². The van der Waals surface area contributed by atoms with Crippen LogP contribution >= 0.6 is 0 Å². The maximum atomic E-state index is 11.7. The van der Waals surface area contributed by atoms with Gasteiger partial charge >= 0.3 is 0 Å². The third-order valence-electron chi connectivity index (χ3n) is 2.73. The molecule has 0 bridgehead atoms. The van der Waals surface area contributed by atoms with Gasteiger partial charge in [-0.25, -0.2) is 8.42 Å². The van der Waals surface area contributed by atoms with Crippen LogP contribution in [-0.4, -0.2) is 18.5 Å². The molecule has 3 N–H and O–H groups in total. The van der Waals surface area contributed by atoms with Crippen LogP contribution in [0.1, 0.15) is 5.56 Å². The molecule has 0 unspecified atom stereocenters. The second kappa shape index (κ2) is 2.98. The lowest BCUT2D eigenvalue weighted by Crippen LogP contribution is -1.97. The lowest BCUT2D eigenvalue weighted by Gasteiger charge is -2.08. The van der Waals surface area contributed by atoms with Gasteiger partial charge in [-0.1, -0.05) is 0 Å². The Kier molecular flexibility index (Phi) is 1.77. The summed E-state index contributed by atoms with van der Waals surface area (Å²) in [4.78, 5) is 3.97. The smallest absolute Gasteiger partial charge is 0.204 e. The van der Waals surface area contributed by atoms with Crippen molar-refractivity contribution in [3.05, 3.63) is 29.3 Å². The number of benzene rings is 1. The second-order valence-corrected chi connectivity index (χ2v) is 5.56. The average Bonchev–Trinajstić information content (AvgIpc) is 2.55. The number of nitrogens with two attached hydrogens (primary N) is 1. The Hall–Kier alpha value is -2.08. The topological polar surface area (TPSA) is 93.3 Å². The molecule has 1 aliphatic heterocycles. The van der Waals surface area contributed by atoms with Crippen LogP contribution in [0.4, 0.5) is 5.69 Å². The Bertz CT molecular complexity index is 779. The predicted molar refractivity (Wildman–Crippen MR) is 64.0 cm³/mol. The SMILES string of the molecule is Nc1ccnc2cc3c(c(O)c12)S(=O)(=O)C=C3. The fourth-order valence-corrected chi connectivity index (χ4v) is 3.27. The zero-order chi connectivity index (χ0) is 12.2. The van der Waals surface area contributed by atoms with E-state index in [0.717, 1.165) is 5.41 Å². The summed E-state index contributed by atoms with van der Waals surface area (Å²) in [6.45, 7) is 0. The van der Waals surface area contributed by atoms with Crippen molar-refractivity contribution in [2.45, 2.75) is 4.90 Å². The Labute approximate surface area is 97.1 Å². The van der Waals surface area contributed by atoms with E-state index in [4.69, 9.17) is 5.73 Å². The number of hydrogen-bond donors (Lipinski definition) is 2. The summed E-state index contributed by atoms with van der Waals surface area (Å²) in [7, 11) is -3.56. The van der Waals surface area contributed by atoms with Crippen molar-refractivity contribution < 1.29 is 13.5 Å². The van der Waals surface area contributed by atoms with Crippen molar-refractivity contribution in [1.29, 1.82) is 0 Å². The quantitative estimate of drug-likeness (QED) is 0.732. The van der Waals surface area contributed by atoms with Crippen LogP contribution in [0.5, 0.6) is 5.75 Å². The van der Waals surface area contributed by atoms with Crippen LogP contribution in [0.25, 0.3) is 17.0 Å². The van der Waals surface area contributed by atoms with Crippen LogP contribution in [0.3, 0.4) is 0 Å². The highest BCUT2D eigenvalue weighted by Gasteiger charge is 2.27. The van der Waals surface area contributed by atoms with Gasteiger partial charge in [-0.3, -0.25) is 4.98 Å². The van der Waals surface area contributed by atoms with E-state index in [1.807, 2.05) is 0 Å². The molecule has 1 aromatic heterocycles. The molecule has 17 heavy (non-hydrogen) atoms. The Morgan fingerprint density at radius 3 is 2.88 bits per heavy atom. The first-order valence-corrected chi connectivity index (χ1v) is 6.38. The van der Waals surface area contributed by atoms with Crippen molar-refractivity contribution in [1.82, 2.24) is 4.98 Å². The minimum Gasteiger partial charge on any atom is -0.506 e. The number of aromatic hydroxyl groups is 1. The minimum absolute atomic E-state index is 0.0929. The molecule has 86 valence electrons. The molecule has 0 saturated heterocycles. The molecule has 0 amide bonds. The first-order valence-electron chi connectivity index (χ1n) is 4.84. The van der Waals surface area contributed by atoms with Crippen LogP contribution < -0.4 is 5.73 Å². The van der Waals surface area contributed by atoms with Crippen molar-refractivity contribution in [2.75, 3.05) is 5.73 Å². The van der Waals surface area contributed by atoms with Crippen molar-refractivity contribution in [2.24, 2.45) is 0 Å². The van der Waals surface area contributed by atoms with Crippen LogP contribution in [-0.2, 0) is 9.84 Å². The zero-order valence-corrected chi connectivity index (χ0v) is 9.40. The summed E-state index contributed by atoms with van der Waals surface area (Å²) in [5.41, 5.74) is 6.94. The molecule has 1 aromatic carbocycles. The molecule has 0 radical (unpaired) electrons. The van der Waals surface area contributed by atoms with E-state index in [1.165, 1.54) is 18.3 Å². The van der Waals surface area contributed by atoms with E-state index < -0.39 is 9.84 Å². The fourth-order valence-electron chi connectivity index (χ4n) is 1.98. The van der Waals surface area contributed by atoms with Crippen LogP contribution in [0, 0.1) is 0 Å². The van der Waals surface area contributed by atoms with Crippen molar-refractivity contribution >= 4 is 32.5 Å². The number of fused-ring (bicyclic) bond motifs is 2. The van der Waals surface area contributed by atoms with E-state index in [0.29, 0.717) is 16.8 Å². The summed E-state index contributed by atoms with van der Waals surface area (Å²) in [6, 6.07) is 3.12. The highest BCUT2D eigenvalue weighted by Crippen LogP contribution is 2.41. The number of anilines is 1. The van der Waals surface area contributed by atoms with Crippen LogP contribution in [0.2, 0.25) is 0 Å². The van der Waals surface area contributed by atoms with E-state index in [1.54, 1.807) is 6.07 Å². The van der Waals surface area contributed by atoms with Gasteiger partial charge in [0.2, 0.25) is 9.84 Å². The third-order valence-corrected chi connectivity index (χ3v) is 4.22. The number of nitrogen functional groups attached to an aromatic ring is 1. The zero-order valence-electron chi connectivity index (χ0n) is 8.58. The number of phenols is 1. The van der Waals surface area contributed by atoms with Crippen molar-refractivity contribution in [3.63, 3.8) is 0 Å². The highest BCUT2D eigenvalue weighted by atomic mass is 32.2. The minimum atomic E-state index is -3.56. The highest BCUT2D eigenvalue weighted by molar-refractivity contribution is 7.95. The number of phenolic OH excluding ortho intramolecular Hbond substituents is 1. The molecular weight excluding hydrogens is 240 g/mol. The van der Waals surface area contributed by atoms with Gasteiger partial charge < -0.3 is 10.8 Å². The fraction of sp³-hybridized carbons (Fsp3) is 0. The molecule has 0 aliphatic carbocycles. The largest absolute Gasteiger partial charge is 0.506 e. The molecule has 3 rings (SSSR count). The monoisotopic (exact) mass is 248 g/mol. The number of rotatable bonds is 0. The third kappa shape index (κ3) is 1.24. The van der Waals surface area contributed by atoms with Gasteiger partial charge in [0, 0.05) is 22.9 Å². The van der Waals surface area contributed by atoms with Gasteiger partial charge in [-0.05, 0) is 18.2 Å². The number of hydrogen-bond acceptors (Lipinski definition) is 5. The van der Waals surface area contributed by atoms with Gasteiger partial charge in [0.1, 0.15) is 10.6 Å². The molecule has 2 heterocycles. The van der Waals surface area contributed by atoms with E-state index in [-0.39, 0.29) is 16.0 Å². The standard InChI is InChI=1S/C11H8N2O3S/c12-7-1-3-13-8-5-6-2-4-17(15,16)11(6)10(14)9(7)8/h1-5,14H,(H2,12,13). The Morgan fingerprint density at radius 2 is 2.12 bits per heavy atom.